The molecule has 0 aliphatic heterocycles. The van der Waals surface area contributed by atoms with Gasteiger partial charge in [0.25, 0.3) is 10.0 Å². The summed E-state index contributed by atoms with van der Waals surface area (Å²) >= 11 is 6.32. The molecule has 4 aromatic rings. The van der Waals surface area contributed by atoms with Gasteiger partial charge in [-0.15, -0.1) is 0 Å². The van der Waals surface area contributed by atoms with Crippen LogP contribution in [0.4, 0.5) is 10.1 Å². The standard InChI is InChI=1S/C37H39ClFN3O6S/c1-47-34-20-19-32(23-35(34)48-2)49(45,46)42(31-17-15-29(39)16-18-31)25-36(43)41(24-27-11-8-12-28(38)21-27)33(22-26-9-4-3-5-10-26)37(44)40-30-13-6-7-14-30/h3-5,8-12,15-21,23,30,33H,6-7,13-14,22,24-25H2,1-2H3,(H,40,44)/t33-/m0/s1. The highest BCUT2D eigenvalue weighted by Crippen LogP contribution is 2.33. The summed E-state index contributed by atoms with van der Waals surface area (Å²) < 4.78 is 54.3. The zero-order valence-corrected chi connectivity index (χ0v) is 28.9. The molecule has 0 saturated heterocycles. The van der Waals surface area contributed by atoms with Crippen LogP contribution in [0.3, 0.4) is 0 Å². The largest absolute Gasteiger partial charge is 0.493 e. The predicted molar refractivity (Wildman–Crippen MR) is 187 cm³/mol. The molecular formula is C37H39ClFN3O6S. The number of benzene rings is 4. The lowest BCUT2D eigenvalue weighted by Gasteiger charge is -2.34. The van der Waals surface area contributed by atoms with Crippen LogP contribution in [0.15, 0.2) is 102 Å². The van der Waals surface area contributed by atoms with Gasteiger partial charge in [0.05, 0.1) is 24.8 Å². The average molecular weight is 708 g/mol. The molecule has 1 saturated carbocycles. The summed E-state index contributed by atoms with van der Waals surface area (Å²) in [6.45, 7) is -0.715. The van der Waals surface area contributed by atoms with Crippen molar-refractivity contribution in [3.05, 3.63) is 119 Å². The van der Waals surface area contributed by atoms with Crippen LogP contribution >= 0.6 is 11.6 Å². The van der Waals surface area contributed by atoms with E-state index in [-0.39, 0.29) is 41.2 Å². The highest BCUT2D eigenvalue weighted by molar-refractivity contribution is 7.92. The predicted octanol–water partition coefficient (Wildman–Crippen LogP) is 6.39. The van der Waals surface area contributed by atoms with Crippen molar-refractivity contribution in [3.8, 4) is 11.5 Å². The monoisotopic (exact) mass is 707 g/mol. The first-order chi connectivity index (χ1) is 23.6. The van der Waals surface area contributed by atoms with Gasteiger partial charge in [0.15, 0.2) is 11.5 Å². The summed E-state index contributed by atoms with van der Waals surface area (Å²) in [5, 5.41) is 3.59. The van der Waals surface area contributed by atoms with E-state index >= 15 is 0 Å². The second-order valence-electron chi connectivity index (χ2n) is 11.9. The van der Waals surface area contributed by atoms with Crippen LogP contribution in [-0.2, 0) is 32.6 Å². The molecule has 1 aliphatic carbocycles. The van der Waals surface area contributed by atoms with E-state index in [9.17, 15) is 22.4 Å². The Morgan fingerprint density at radius 1 is 0.878 bits per heavy atom. The molecule has 12 heteroatoms. The lowest BCUT2D eigenvalue weighted by atomic mass is 10.0. The van der Waals surface area contributed by atoms with Crippen molar-refractivity contribution in [2.75, 3.05) is 25.1 Å². The van der Waals surface area contributed by atoms with Crippen molar-refractivity contribution < 1.29 is 31.9 Å². The Hall–Kier alpha value is -4.61. The first kappa shape index (κ1) is 35.7. The van der Waals surface area contributed by atoms with E-state index in [1.165, 1.54) is 49.5 Å². The molecule has 1 aliphatic rings. The van der Waals surface area contributed by atoms with Crippen LogP contribution in [0.5, 0.6) is 11.5 Å². The van der Waals surface area contributed by atoms with Gasteiger partial charge in [-0.25, -0.2) is 12.8 Å². The molecule has 0 unspecified atom stereocenters. The number of nitrogens with one attached hydrogen (secondary N) is 1. The van der Waals surface area contributed by atoms with Gasteiger partial charge >= 0.3 is 0 Å². The normalized spacial score (nSPS) is 13.8. The molecule has 1 fully saturated rings. The molecule has 5 rings (SSSR count). The maximum Gasteiger partial charge on any atom is 0.264 e. The highest BCUT2D eigenvalue weighted by Gasteiger charge is 2.36. The number of hydrogen-bond acceptors (Lipinski definition) is 6. The Labute approximate surface area is 291 Å². The first-order valence-electron chi connectivity index (χ1n) is 16.0. The van der Waals surface area contributed by atoms with Crippen LogP contribution in [0.25, 0.3) is 0 Å². The number of halogens is 2. The summed E-state index contributed by atoms with van der Waals surface area (Å²) in [7, 11) is -1.64. The fraction of sp³-hybridized carbons (Fsp3) is 0.297. The number of sulfonamides is 1. The molecule has 4 aromatic carbocycles. The maximum atomic E-state index is 14.6. The van der Waals surface area contributed by atoms with Gasteiger partial charge < -0.3 is 19.7 Å². The van der Waals surface area contributed by atoms with Crippen molar-refractivity contribution in [3.63, 3.8) is 0 Å². The minimum Gasteiger partial charge on any atom is -0.493 e. The van der Waals surface area contributed by atoms with Gasteiger partial charge in [-0.05, 0) is 72.5 Å². The van der Waals surface area contributed by atoms with Gasteiger partial charge in [-0.2, -0.15) is 0 Å². The van der Waals surface area contributed by atoms with E-state index in [1.807, 2.05) is 30.3 Å². The van der Waals surface area contributed by atoms with Gasteiger partial charge in [0, 0.05) is 30.1 Å². The maximum absolute atomic E-state index is 14.6. The number of amides is 2. The van der Waals surface area contributed by atoms with Crippen LogP contribution in [0.2, 0.25) is 5.02 Å². The molecule has 0 heterocycles. The van der Waals surface area contributed by atoms with Crippen molar-refractivity contribution in [2.24, 2.45) is 0 Å². The minimum atomic E-state index is -4.45. The molecule has 1 atom stereocenters. The number of anilines is 1. The topological polar surface area (TPSA) is 105 Å². The second-order valence-corrected chi connectivity index (χ2v) is 14.2. The zero-order chi connectivity index (χ0) is 35.0. The van der Waals surface area contributed by atoms with Crippen LogP contribution in [0, 0.1) is 5.82 Å². The summed E-state index contributed by atoms with van der Waals surface area (Å²) in [4.78, 5) is 30.0. The molecule has 9 nitrogen and oxygen atoms in total. The fourth-order valence-corrected chi connectivity index (χ4v) is 7.64. The smallest absolute Gasteiger partial charge is 0.264 e. The molecular weight excluding hydrogens is 669 g/mol. The Morgan fingerprint density at radius 3 is 2.20 bits per heavy atom. The van der Waals surface area contributed by atoms with Crippen LogP contribution < -0.4 is 19.1 Å². The fourth-order valence-electron chi connectivity index (χ4n) is 5.99. The molecule has 0 radical (unpaired) electrons. The van der Waals surface area contributed by atoms with Crippen LogP contribution in [-0.4, -0.2) is 58.0 Å². The third-order valence-electron chi connectivity index (χ3n) is 8.55. The molecule has 1 N–H and O–H groups in total. The number of hydrogen-bond donors (Lipinski definition) is 1. The van der Waals surface area contributed by atoms with Crippen LogP contribution in [0.1, 0.15) is 36.8 Å². The minimum absolute atomic E-state index is 0.0185. The van der Waals surface area contributed by atoms with Crippen molar-refractivity contribution >= 4 is 39.1 Å². The van der Waals surface area contributed by atoms with E-state index in [4.69, 9.17) is 21.1 Å². The summed E-state index contributed by atoms with van der Waals surface area (Å²) in [5.41, 5.74) is 1.54. The third kappa shape index (κ3) is 8.90. The van der Waals surface area contributed by atoms with Gasteiger partial charge in [-0.3, -0.25) is 13.9 Å². The summed E-state index contributed by atoms with van der Waals surface area (Å²) in [6.07, 6.45) is 3.87. The summed E-state index contributed by atoms with van der Waals surface area (Å²) in [6, 6.07) is 24.2. The quantitative estimate of drug-likeness (QED) is 0.163. The summed E-state index contributed by atoms with van der Waals surface area (Å²) in [5.74, 6) is -1.07. The van der Waals surface area contributed by atoms with E-state index in [0.29, 0.717) is 16.3 Å². The van der Waals surface area contributed by atoms with E-state index < -0.39 is 34.3 Å². The number of nitrogens with zero attached hydrogens (tertiary/aromatic N) is 2. The lowest BCUT2D eigenvalue weighted by Crippen LogP contribution is -2.54. The Bertz CT molecular complexity index is 1850. The number of ether oxygens (including phenoxy) is 2. The average Bonchev–Trinajstić information content (AvgIpc) is 3.62. The van der Waals surface area contributed by atoms with E-state index in [0.717, 1.165) is 47.7 Å². The lowest BCUT2D eigenvalue weighted by molar-refractivity contribution is -0.140. The van der Waals surface area contributed by atoms with Gasteiger partial charge in [0.1, 0.15) is 18.4 Å². The van der Waals surface area contributed by atoms with E-state index in [1.54, 1.807) is 24.3 Å². The molecule has 2 amide bonds. The Kier molecular flexibility index (Phi) is 11.8. The van der Waals surface area contributed by atoms with E-state index in [2.05, 4.69) is 5.32 Å². The molecule has 0 bridgehead atoms. The Balaban J connectivity index is 1.58. The zero-order valence-electron chi connectivity index (χ0n) is 27.4. The number of carbonyl (C=O) groups excluding carboxylic acids is 2. The third-order valence-corrected chi connectivity index (χ3v) is 10.6. The highest BCUT2D eigenvalue weighted by atomic mass is 35.5. The molecule has 49 heavy (non-hydrogen) atoms. The second kappa shape index (κ2) is 16.2. The Morgan fingerprint density at radius 2 is 1.55 bits per heavy atom. The van der Waals surface area contributed by atoms with Crippen molar-refractivity contribution in [2.45, 2.75) is 55.6 Å². The van der Waals surface area contributed by atoms with Gasteiger partial charge in [-0.1, -0.05) is 66.9 Å². The van der Waals surface area contributed by atoms with Crippen molar-refractivity contribution in [1.82, 2.24) is 10.2 Å². The van der Waals surface area contributed by atoms with Crippen molar-refractivity contribution in [1.29, 1.82) is 0 Å². The molecule has 0 aromatic heterocycles. The van der Waals surface area contributed by atoms with Gasteiger partial charge in [0.2, 0.25) is 11.8 Å². The first-order valence-corrected chi connectivity index (χ1v) is 17.8. The molecule has 258 valence electrons. The number of carbonyl (C=O) groups is 2. The molecule has 0 spiro atoms. The SMILES string of the molecule is COc1ccc(S(=O)(=O)N(CC(=O)N(Cc2cccc(Cl)c2)[C@@H](Cc2ccccc2)C(=O)NC2CCCC2)c2ccc(F)cc2)cc1OC. The number of rotatable bonds is 14. The number of methoxy groups -OCH3 is 2.